The summed E-state index contributed by atoms with van der Waals surface area (Å²) in [7, 11) is 0. The SMILES string of the molecule is CCOc1ccc([N+](=O)[O-])c(C(C)=O)c1I. The number of nitro benzene ring substituents is 1. The fourth-order valence-corrected chi connectivity index (χ4v) is 2.29. The number of benzene rings is 1. The molecule has 0 aliphatic heterocycles. The largest absolute Gasteiger partial charge is 0.493 e. The van der Waals surface area contributed by atoms with E-state index in [1.165, 1.54) is 19.1 Å². The molecule has 6 heteroatoms. The highest BCUT2D eigenvalue weighted by atomic mass is 127. The summed E-state index contributed by atoms with van der Waals surface area (Å²) >= 11 is 1.89. The third-order valence-corrected chi connectivity index (χ3v) is 3.00. The molecular weight excluding hydrogens is 325 g/mol. The third-order valence-electron chi connectivity index (χ3n) is 1.93. The fourth-order valence-electron chi connectivity index (χ4n) is 1.30. The number of carbonyl (C=O) groups excluding carboxylic acids is 1. The van der Waals surface area contributed by atoms with Crippen LogP contribution in [-0.4, -0.2) is 17.3 Å². The molecular formula is C10H10INO4. The number of Topliss-reactive ketones (excluding diaryl/α,β-unsaturated/α-hetero) is 1. The van der Waals surface area contributed by atoms with E-state index in [0.717, 1.165) is 0 Å². The molecule has 0 aliphatic rings. The Hall–Kier alpha value is -1.18. The number of rotatable bonds is 4. The van der Waals surface area contributed by atoms with Gasteiger partial charge >= 0.3 is 0 Å². The van der Waals surface area contributed by atoms with E-state index in [1.54, 1.807) is 0 Å². The monoisotopic (exact) mass is 335 g/mol. The van der Waals surface area contributed by atoms with Gasteiger partial charge < -0.3 is 4.74 Å². The quantitative estimate of drug-likeness (QED) is 0.367. The zero-order valence-electron chi connectivity index (χ0n) is 8.82. The average molecular weight is 335 g/mol. The summed E-state index contributed by atoms with van der Waals surface area (Å²) in [4.78, 5) is 21.6. The van der Waals surface area contributed by atoms with Crippen molar-refractivity contribution in [3.05, 3.63) is 31.4 Å². The first-order valence-corrected chi connectivity index (χ1v) is 5.67. The van der Waals surface area contributed by atoms with Gasteiger partial charge in [0, 0.05) is 6.07 Å². The second-order valence-corrected chi connectivity index (χ2v) is 4.10. The molecule has 0 bridgehead atoms. The van der Waals surface area contributed by atoms with E-state index in [-0.39, 0.29) is 17.0 Å². The summed E-state index contributed by atoms with van der Waals surface area (Å²) in [5.41, 5.74) is -0.0723. The summed E-state index contributed by atoms with van der Waals surface area (Å²) in [6.07, 6.45) is 0. The van der Waals surface area contributed by atoms with Crippen molar-refractivity contribution < 1.29 is 14.5 Å². The highest BCUT2D eigenvalue weighted by molar-refractivity contribution is 14.1. The number of carbonyl (C=O) groups is 1. The highest BCUT2D eigenvalue weighted by Gasteiger charge is 2.23. The van der Waals surface area contributed by atoms with E-state index in [2.05, 4.69) is 0 Å². The lowest BCUT2D eigenvalue weighted by Crippen LogP contribution is -2.05. The molecule has 0 radical (unpaired) electrons. The van der Waals surface area contributed by atoms with Crippen LogP contribution in [0.3, 0.4) is 0 Å². The van der Waals surface area contributed by atoms with Gasteiger partial charge in [0.2, 0.25) is 0 Å². The van der Waals surface area contributed by atoms with E-state index in [0.29, 0.717) is 15.9 Å². The molecule has 0 spiro atoms. The van der Waals surface area contributed by atoms with Crippen molar-refractivity contribution in [1.82, 2.24) is 0 Å². The van der Waals surface area contributed by atoms with Crippen LogP contribution in [0, 0.1) is 13.7 Å². The zero-order valence-corrected chi connectivity index (χ0v) is 11.0. The van der Waals surface area contributed by atoms with Crippen molar-refractivity contribution >= 4 is 34.1 Å². The van der Waals surface area contributed by atoms with Gasteiger partial charge in [-0.2, -0.15) is 0 Å². The molecule has 5 nitrogen and oxygen atoms in total. The maximum atomic E-state index is 11.4. The number of ketones is 1. The van der Waals surface area contributed by atoms with Crippen LogP contribution < -0.4 is 4.74 Å². The van der Waals surface area contributed by atoms with Gasteiger partial charge in [0.1, 0.15) is 11.3 Å². The van der Waals surface area contributed by atoms with E-state index in [4.69, 9.17) is 4.74 Å². The minimum atomic E-state index is -0.561. The van der Waals surface area contributed by atoms with Crippen molar-refractivity contribution in [2.45, 2.75) is 13.8 Å². The summed E-state index contributed by atoms with van der Waals surface area (Å²) < 4.78 is 5.77. The van der Waals surface area contributed by atoms with Gasteiger partial charge in [-0.1, -0.05) is 0 Å². The first-order valence-electron chi connectivity index (χ1n) is 4.59. The second kappa shape index (κ2) is 5.24. The summed E-state index contributed by atoms with van der Waals surface area (Å²) in [6.45, 7) is 3.57. The molecule has 1 aromatic carbocycles. The van der Waals surface area contributed by atoms with Gasteiger partial charge in [0.25, 0.3) is 5.69 Å². The summed E-state index contributed by atoms with van der Waals surface area (Å²) in [5, 5.41) is 10.8. The minimum absolute atomic E-state index is 0.108. The molecule has 0 saturated heterocycles. The third kappa shape index (κ3) is 2.49. The Morgan fingerprint density at radius 2 is 2.19 bits per heavy atom. The van der Waals surface area contributed by atoms with Crippen LogP contribution in [0.2, 0.25) is 0 Å². The van der Waals surface area contributed by atoms with E-state index >= 15 is 0 Å². The van der Waals surface area contributed by atoms with Crippen LogP contribution in [-0.2, 0) is 0 Å². The Kier molecular flexibility index (Phi) is 4.22. The maximum absolute atomic E-state index is 11.4. The van der Waals surface area contributed by atoms with E-state index in [9.17, 15) is 14.9 Å². The molecule has 0 N–H and O–H groups in total. The molecule has 0 amide bonds. The van der Waals surface area contributed by atoms with E-state index in [1.807, 2.05) is 29.5 Å². The molecule has 0 fully saturated rings. The average Bonchev–Trinajstić information content (AvgIpc) is 2.20. The van der Waals surface area contributed by atoms with Crippen LogP contribution in [0.4, 0.5) is 5.69 Å². The van der Waals surface area contributed by atoms with Gasteiger partial charge in [-0.25, -0.2) is 0 Å². The topological polar surface area (TPSA) is 69.4 Å². The van der Waals surface area contributed by atoms with Crippen LogP contribution >= 0.6 is 22.6 Å². The first kappa shape index (κ1) is 12.9. The molecule has 0 aromatic heterocycles. The lowest BCUT2D eigenvalue weighted by Gasteiger charge is -2.08. The standard InChI is InChI=1S/C10H10INO4/c1-3-16-8-5-4-7(12(14)15)9(6(2)13)10(8)11/h4-5H,3H2,1-2H3. The minimum Gasteiger partial charge on any atom is -0.493 e. The zero-order chi connectivity index (χ0) is 12.3. The first-order chi connectivity index (χ1) is 7.49. The molecule has 1 aromatic rings. The Balaban J connectivity index is 3.41. The Morgan fingerprint density at radius 1 is 1.56 bits per heavy atom. The predicted molar refractivity (Wildman–Crippen MR) is 67.0 cm³/mol. The molecule has 0 heterocycles. The smallest absolute Gasteiger partial charge is 0.281 e. The van der Waals surface area contributed by atoms with E-state index < -0.39 is 4.92 Å². The number of halogens is 1. The van der Waals surface area contributed by atoms with Crippen molar-refractivity contribution in [2.75, 3.05) is 6.61 Å². The van der Waals surface area contributed by atoms with Gasteiger partial charge in [-0.15, -0.1) is 0 Å². The van der Waals surface area contributed by atoms with Crippen molar-refractivity contribution in [2.24, 2.45) is 0 Å². The second-order valence-electron chi connectivity index (χ2n) is 3.02. The number of hydrogen-bond donors (Lipinski definition) is 0. The van der Waals surface area contributed by atoms with Gasteiger partial charge in [-0.05, 0) is 42.5 Å². The molecule has 0 unspecified atom stereocenters. The van der Waals surface area contributed by atoms with Crippen LogP contribution in [0.25, 0.3) is 0 Å². The molecule has 86 valence electrons. The number of ether oxygens (including phenoxy) is 1. The predicted octanol–water partition coefficient (Wildman–Crippen LogP) is 2.80. The van der Waals surface area contributed by atoms with Gasteiger partial charge in [0.15, 0.2) is 5.78 Å². The fraction of sp³-hybridized carbons (Fsp3) is 0.300. The lowest BCUT2D eigenvalue weighted by molar-refractivity contribution is -0.385. The molecule has 0 saturated carbocycles. The maximum Gasteiger partial charge on any atom is 0.281 e. The van der Waals surface area contributed by atoms with Crippen LogP contribution in [0.1, 0.15) is 24.2 Å². The Labute approximate surface area is 106 Å². The number of nitro groups is 1. The van der Waals surface area contributed by atoms with Gasteiger partial charge in [0.05, 0.1) is 15.1 Å². The Morgan fingerprint density at radius 3 is 2.62 bits per heavy atom. The van der Waals surface area contributed by atoms with Crippen LogP contribution in [0.5, 0.6) is 5.75 Å². The lowest BCUT2D eigenvalue weighted by atomic mass is 10.1. The number of nitrogens with zero attached hydrogens (tertiary/aromatic N) is 1. The molecule has 0 aliphatic carbocycles. The van der Waals surface area contributed by atoms with Gasteiger partial charge in [-0.3, -0.25) is 14.9 Å². The summed E-state index contributed by atoms with van der Waals surface area (Å²) in [6, 6.07) is 2.81. The molecule has 1 rings (SSSR count). The van der Waals surface area contributed by atoms with Crippen molar-refractivity contribution in [3.8, 4) is 5.75 Å². The normalized spacial score (nSPS) is 9.94. The highest BCUT2D eigenvalue weighted by Crippen LogP contribution is 2.31. The molecule has 16 heavy (non-hydrogen) atoms. The van der Waals surface area contributed by atoms with Crippen LogP contribution in [0.15, 0.2) is 12.1 Å². The Bertz CT molecular complexity index is 445. The molecule has 0 atom stereocenters. The summed E-state index contributed by atoms with van der Waals surface area (Å²) in [5.74, 6) is 0.163. The van der Waals surface area contributed by atoms with Crippen molar-refractivity contribution in [1.29, 1.82) is 0 Å². The number of hydrogen-bond acceptors (Lipinski definition) is 4. The van der Waals surface area contributed by atoms with Crippen molar-refractivity contribution in [3.63, 3.8) is 0 Å².